The Morgan fingerprint density at radius 2 is 1.84 bits per heavy atom. The molecule has 9 nitrogen and oxygen atoms in total. The second-order valence-corrected chi connectivity index (χ2v) is 14.4. The fourth-order valence-electron chi connectivity index (χ4n) is 7.97. The number of carbonyl (C=O) groups excluding carboxylic acids is 3. The van der Waals surface area contributed by atoms with Gasteiger partial charge >= 0.3 is 0 Å². The average Bonchev–Trinajstić information content (AvgIpc) is 3.44. The third-order valence-electron chi connectivity index (χ3n) is 10.3. The van der Waals surface area contributed by atoms with Crippen LogP contribution in [0.2, 0.25) is 10.2 Å². The minimum absolute atomic E-state index is 0.0348. The van der Waals surface area contributed by atoms with Crippen LogP contribution in [0.4, 0.5) is 10.1 Å². The molecule has 3 amide bonds. The van der Waals surface area contributed by atoms with Crippen LogP contribution in [0.5, 0.6) is 0 Å². The second-order valence-electron chi connectivity index (χ2n) is 13.6. The lowest BCUT2D eigenvalue weighted by Gasteiger charge is -2.50. The average molecular weight is 647 g/mol. The summed E-state index contributed by atoms with van der Waals surface area (Å²) in [6, 6.07) is 5.43. The van der Waals surface area contributed by atoms with Gasteiger partial charge < -0.3 is 20.3 Å². The molecule has 3 fully saturated rings. The van der Waals surface area contributed by atoms with Gasteiger partial charge in [-0.2, -0.15) is 0 Å². The zero-order chi connectivity index (χ0) is 31.6. The number of hydrogen-bond acceptors (Lipinski definition) is 6. The Labute approximate surface area is 266 Å². The van der Waals surface area contributed by atoms with E-state index in [9.17, 15) is 14.4 Å². The van der Waals surface area contributed by atoms with Gasteiger partial charge in [-0.05, 0) is 73.3 Å². The standard InChI is InChI=1S/C32H38Cl2FN5O4/c1-30(2)10-12-31(13-11-30)32(20-7-5-17(33)15-21(20)38-29(32)43)23(19-9-14-36-26(34)24(19)35)25(39-31)27(41)37-18-6-8-22(44-16-18)28(42)40(3)4/h5,7,9,14-15,18,22-23,25,39H,6,8,10-13,16H2,1-4H3,(H,37,41)(H,38,43)/t18-,22+,23+,25-,32-/m1/s1. The summed E-state index contributed by atoms with van der Waals surface area (Å²) in [6.45, 7) is 4.56. The molecule has 4 heterocycles. The predicted octanol–water partition coefficient (Wildman–Crippen LogP) is 4.56. The summed E-state index contributed by atoms with van der Waals surface area (Å²) < 4.78 is 21.9. The molecule has 4 aliphatic rings. The van der Waals surface area contributed by atoms with Crippen molar-refractivity contribution >= 4 is 46.6 Å². The molecule has 2 aromatic rings. The van der Waals surface area contributed by atoms with Crippen molar-refractivity contribution in [3.05, 3.63) is 57.6 Å². The minimum atomic E-state index is -1.34. The van der Waals surface area contributed by atoms with Gasteiger partial charge in [-0.3, -0.25) is 19.7 Å². The number of nitrogens with one attached hydrogen (secondary N) is 3. The van der Waals surface area contributed by atoms with E-state index in [1.165, 1.54) is 17.2 Å². The van der Waals surface area contributed by atoms with Crippen LogP contribution in [0, 0.1) is 11.2 Å². The van der Waals surface area contributed by atoms with Crippen LogP contribution in [-0.2, 0) is 24.5 Å². The Hall–Kier alpha value is -2.79. The number of likely N-dealkylation sites (N-methyl/N-ethyl adjacent to an activating group) is 1. The molecule has 1 aliphatic carbocycles. The molecule has 0 unspecified atom stereocenters. The summed E-state index contributed by atoms with van der Waals surface area (Å²) in [4.78, 5) is 46.7. The second kappa shape index (κ2) is 11.2. The fraction of sp³-hybridized carbons (Fsp3) is 0.562. The molecule has 236 valence electrons. The third kappa shape index (κ3) is 4.89. The van der Waals surface area contributed by atoms with Crippen molar-refractivity contribution in [3.63, 3.8) is 0 Å². The van der Waals surface area contributed by atoms with E-state index < -0.39 is 34.8 Å². The lowest BCUT2D eigenvalue weighted by molar-refractivity contribution is -0.145. The Morgan fingerprint density at radius 3 is 2.50 bits per heavy atom. The molecule has 5 atom stereocenters. The molecular formula is C32H38Cl2FN5O4. The minimum Gasteiger partial charge on any atom is -0.366 e. The summed E-state index contributed by atoms with van der Waals surface area (Å²) >= 11 is 12.6. The van der Waals surface area contributed by atoms with Gasteiger partial charge in [0.15, 0.2) is 11.0 Å². The van der Waals surface area contributed by atoms with E-state index >= 15 is 4.39 Å². The number of pyridine rings is 1. The topological polar surface area (TPSA) is 113 Å². The third-order valence-corrected chi connectivity index (χ3v) is 10.8. The highest BCUT2D eigenvalue weighted by molar-refractivity contribution is 6.31. The van der Waals surface area contributed by atoms with Crippen molar-refractivity contribution < 1.29 is 23.5 Å². The van der Waals surface area contributed by atoms with Crippen LogP contribution in [0.15, 0.2) is 30.5 Å². The van der Waals surface area contributed by atoms with E-state index in [1.54, 1.807) is 26.2 Å². The Kier molecular flexibility index (Phi) is 7.96. The van der Waals surface area contributed by atoms with E-state index in [-0.39, 0.29) is 46.5 Å². The van der Waals surface area contributed by atoms with Crippen LogP contribution in [0.25, 0.3) is 0 Å². The maximum absolute atomic E-state index is 16.1. The number of benzene rings is 1. The number of aromatic nitrogens is 1. The molecule has 1 saturated carbocycles. The maximum atomic E-state index is 16.1. The Bertz CT molecular complexity index is 1500. The molecule has 3 N–H and O–H groups in total. The maximum Gasteiger partial charge on any atom is 0.251 e. The largest absolute Gasteiger partial charge is 0.366 e. The molecule has 1 aromatic heterocycles. The number of carbonyl (C=O) groups is 3. The monoisotopic (exact) mass is 645 g/mol. The fourth-order valence-corrected chi connectivity index (χ4v) is 8.30. The molecule has 2 spiro atoms. The van der Waals surface area contributed by atoms with Gasteiger partial charge in [-0.15, -0.1) is 0 Å². The zero-order valence-electron chi connectivity index (χ0n) is 25.3. The molecule has 3 aliphatic heterocycles. The molecule has 44 heavy (non-hydrogen) atoms. The molecule has 1 aromatic carbocycles. The van der Waals surface area contributed by atoms with Crippen LogP contribution in [0.3, 0.4) is 0 Å². The smallest absolute Gasteiger partial charge is 0.251 e. The number of amides is 3. The van der Waals surface area contributed by atoms with E-state index in [0.29, 0.717) is 42.0 Å². The van der Waals surface area contributed by atoms with Crippen molar-refractivity contribution in [2.75, 3.05) is 26.0 Å². The molecule has 0 radical (unpaired) electrons. The molecule has 0 bridgehead atoms. The van der Waals surface area contributed by atoms with Gasteiger partial charge in [0.1, 0.15) is 11.5 Å². The van der Waals surface area contributed by atoms with Gasteiger partial charge in [-0.25, -0.2) is 9.37 Å². The van der Waals surface area contributed by atoms with Crippen LogP contribution >= 0.6 is 23.2 Å². The first kappa shape index (κ1) is 31.2. The number of nitrogens with zero attached hydrogens (tertiary/aromatic N) is 2. The lowest BCUT2D eigenvalue weighted by atomic mass is 9.53. The SMILES string of the molecule is CN(C)C(=O)[C@@H]1CC[C@@H](NC(=O)[C@@H]2NC3(CCC(C)(C)CC3)[C@@]3(C(=O)Nc4cc(Cl)ccc43)[C@H]2c2ccnc(Cl)c2F)CO1. The van der Waals surface area contributed by atoms with Crippen LogP contribution in [-0.4, -0.2) is 72.0 Å². The van der Waals surface area contributed by atoms with Crippen molar-refractivity contribution in [1.29, 1.82) is 0 Å². The van der Waals surface area contributed by atoms with Crippen molar-refractivity contribution in [2.45, 2.75) is 87.4 Å². The van der Waals surface area contributed by atoms with Crippen molar-refractivity contribution in [3.8, 4) is 0 Å². The number of hydrogen-bond donors (Lipinski definition) is 3. The summed E-state index contributed by atoms with van der Waals surface area (Å²) in [5, 5.41) is 9.93. The number of halogens is 3. The highest BCUT2D eigenvalue weighted by Crippen LogP contribution is 2.64. The summed E-state index contributed by atoms with van der Waals surface area (Å²) in [5.41, 5.74) is -0.799. The van der Waals surface area contributed by atoms with Gasteiger partial charge in [-0.1, -0.05) is 43.1 Å². The van der Waals surface area contributed by atoms with Gasteiger partial charge in [0.2, 0.25) is 11.8 Å². The lowest BCUT2D eigenvalue weighted by Crippen LogP contribution is -2.61. The van der Waals surface area contributed by atoms with Crippen LogP contribution < -0.4 is 16.0 Å². The van der Waals surface area contributed by atoms with E-state index in [1.807, 2.05) is 6.07 Å². The normalized spacial score (nSPS) is 30.2. The van der Waals surface area contributed by atoms with Gasteiger partial charge in [0.25, 0.3) is 5.91 Å². The van der Waals surface area contributed by atoms with Crippen LogP contribution in [0.1, 0.15) is 69.4 Å². The van der Waals surface area contributed by atoms with Crippen molar-refractivity contribution in [2.24, 2.45) is 5.41 Å². The highest BCUT2D eigenvalue weighted by Gasteiger charge is 2.73. The quantitative estimate of drug-likeness (QED) is 0.420. The van der Waals surface area contributed by atoms with Gasteiger partial charge in [0, 0.05) is 42.5 Å². The number of fused-ring (bicyclic) bond motifs is 3. The first-order valence-corrected chi connectivity index (χ1v) is 15.9. The summed E-state index contributed by atoms with van der Waals surface area (Å²) in [7, 11) is 3.36. The molecule has 6 rings (SSSR count). The van der Waals surface area contributed by atoms with Gasteiger partial charge in [0.05, 0.1) is 18.7 Å². The first-order valence-electron chi connectivity index (χ1n) is 15.1. The van der Waals surface area contributed by atoms with E-state index in [4.69, 9.17) is 27.9 Å². The summed E-state index contributed by atoms with van der Waals surface area (Å²) in [5.74, 6) is -2.51. The number of anilines is 1. The molecule has 12 heteroatoms. The van der Waals surface area contributed by atoms with Crippen molar-refractivity contribution in [1.82, 2.24) is 20.5 Å². The summed E-state index contributed by atoms with van der Waals surface area (Å²) in [6.07, 6.45) is 4.63. The number of ether oxygens (including phenoxy) is 1. The molecular weight excluding hydrogens is 608 g/mol. The highest BCUT2D eigenvalue weighted by atomic mass is 35.5. The number of rotatable bonds is 4. The molecule has 2 saturated heterocycles. The zero-order valence-corrected chi connectivity index (χ0v) is 26.8. The Morgan fingerprint density at radius 1 is 1.11 bits per heavy atom. The Balaban J connectivity index is 1.44. The van der Waals surface area contributed by atoms with E-state index in [2.05, 4.69) is 34.8 Å². The first-order chi connectivity index (χ1) is 20.8. The van der Waals surface area contributed by atoms with E-state index in [0.717, 1.165) is 12.8 Å². The predicted molar refractivity (Wildman–Crippen MR) is 165 cm³/mol.